The van der Waals surface area contributed by atoms with Crippen LogP contribution in [0.2, 0.25) is 5.02 Å². The smallest absolute Gasteiger partial charge is 0.260 e. The maximum atomic E-state index is 13.3. The van der Waals surface area contributed by atoms with Gasteiger partial charge in [-0.15, -0.1) is 0 Å². The summed E-state index contributed by atoms with van der Waals surface area (Å²) in [5, 5.41) is 3.49. The molecule has 29 heavy (non-hydrogen) atoms. The molecule has 0 unspecified atom stereocenters. The number of nitrogens with one attached hydrogen (secondary N) is 1. The zero-order valence-electron chi connectivity index (χ0n) is 15.3. The first-order chi connectivity index (χ1) is 14.0. The van der Waals surface area contributed by atoms with Gasteiger partial charge in [0.1, 0.15) is 5.82 Å². The summed E-state index contributed by atoms with van der Waals surface area (Å²) in [4.78, 5) is 31.4. The summed E-state index contributed by atoms with van der Waals surface area (Å²) in [7, 11) is 0. The molecule has 2 amide bonds. The number of hydrogen-bond acceptors (Lipinski definition) is 3. The standard InChI is InChI=1S/C22H17ClFN3O2/c23-15-5-3-14(4-6-15)13-26-20(28)12-19-21-18(2-1-11-25-21)22(29)27(19)17-9-7-16(24)8-10-17/h1-11,19H,12-13H2,(H,26,28)/t19-/m0/s1. The van der Waals surface area contributed by atoms with Crippen LogP contribution in [0, 0.1) is 5.82 Å². The molecular weight excluding hydrogens is 393 g/mol. The van der Waals surface area contributed by atoms with Gasteiger partial charge in [0.15, 0.2) is 0 Å². The Kier molecular flexibility index (Phi) is 5.27. The molecule has 0 saturated carbocycles. The second kappa shape index (κ2) is 8.01. The molecule has 1 aromatic heterocycles. The van der Waals surface area contributed by atoms with Gasteiger partial charge >= 0.3 is 0 Å². The topological polar surface area (TPSA) is 62.3 Å². The number of carbonyl (C=O) groups excluding carboxylic acids is 2. The minimum absolute atomic E-state index is 0.0424. The van der Waals surface area contributed by atoms with E-state index in [1.165, 1.54) is 29.2 Å². The van der Waals surface area contributed by atoms with Gasteiger partial charge in [-0.05, 0) is 54.1 Å². The van der Waals surface area contributed by atoms with Crippen molar-refractivity contribution >= 4 is 29.1 Å². The molecule has 1 aliphatic heterocycles. The first-order valence-electron chi connectivity index (χ1n) is 9.08. The lowest BCUT2D eigenvalue weighted by atomic mass is 10.1. The van der Waals surface area contributed by atoms with Gasteiger partial charge in [-0.3, -0.25) is 19.5 Å². The molecule has 3 aromatic rings. The molecule has 0 saturated heterocycles. The van der Waals surface area contributed by atoms with Crippen LogP contribution in [0.25, 0.3) is 0 Å². The van der Waals surface area contributed by atoms with Gasteiger partial charge in [-0.2, -0.15) is 0 Å². The minimum Gasteiger partial charge on any atom is -0.352 e. The lowest BCUT2D eigenvalue weighted by molar-refractivity contribution is -0.121. The number of hydrogen-bond donors (Lipinski definition) is 1. The summed E-state index contributed by atoms with van der Waals surface area (Å²) >= 11 is 5.88. The molecule has 2 heterocycles. The van der Waals surface area contributed by atoms with Gasteiger partial charge < -0.3 is 5.32 Å². The number of fused-ring (bicyclic) bond motifs is 1. The zero-order chi connectivity index (χ0) is 20.4. The van der Waals surface area contributed by atoms with E-state index >= 15 is 0 Å². The second-order valence-electron chi connectivity index (χ2n) is 6.71. The van der Waals surface area contributed by atoms with Crippen molar-refractivity contribution in [2.75, 3.05) is 4.90 Å². The van der Waals surface area contributed by atoms with Crippen LogP contribution in [0.1, 0.15) is 34.1 Å². The Bertz CT molecular complexity index is 1050. The molecule has 1 aliphatic rings. The highest BCUT2D eigenvalue weighted by molar-refractivity contribution is 6.30. The van der Waals surface area contributed by atoms with Crippen molar-refractivity contribution in [1.82, 2.24) is 10.3 Å². The van der Waals surface area contributed by atoms with Crippen molar-refractivity contribution in [3.63, 3.8) is 0 Å². The number of pyridine rings is 1. The van der Waals surface area contributed by atoms with Crippen LogP contribution in [0.3, 0.4) is 0 Å². The number of rotatable bonds is 5. The lowest BCUT2D eigenvalue weighted by Crippen LogP contribution is -2.33. The molecule has 0 radical (unpaired) electrons. The molecule has 1 atom stereocenters. The number of carbonyl (C=O) groups is 2. The third-order valence-electron chi connectivity index (χ3n) is 4.80. The Morgan fingerprint density at radius 3 is 2.55 bits per heavy atom. The molecule has 2 aromatic carbocycles. The highest BCUT2D eigenvalue weighted by atomic mass is 35.5. The average molecular weight is 410 g/mol. The van der Waals surface area contributed by atoms with E-state index in [-0.39, 0.29) is 18.2 Å². The molecule has 1 N–H and O–H groups in total. The fourth-order valence-corrected chi connectivity index (χ4v) is 3.52. The molecule has 0 spiro atoms. The first kappa shape index (κ1) is 19.1. The zero-order valence-corrected chi connectivity index (χ0v) is 16.1. The number of anilines is 1. The van der Waals surface area contributed by atoms with Crippen molar-refractivity contribution in [3.8, 4) is 0 Å². The lowest BCUT2D eigenvalue weighted by Gasteiger charge is -2.24. The van der Waals surface area contributed by atoms with Crippen molar-refractivity contribution in [1.29, 1.82) is 0 Å². The van der Waals surface area contributed by atoms with Crippen molar-refractivity contribution < 1.29 is 14.0 Å². The third kappa shape index (κ3) is 3.98. The van der Waals surface area contributed by atoms with Crippen LogP contribution in [0.4, 0.5) is 10.1 Å². The first-order valence-corrected chi connectivity index (χ1v) is 9.46. The maximum Gasteiger partial charge on any atom is 0.260 e. The minimum atomic E-state index is -0.561. The molecule has 0 fully saturated rings. The van der Waals surface area contributed by atoms with E-state index in [0.717, 1.165) is 5.56 Å². The normalized spacial score (nSPS) is 15.3. The average Bonchev–Trinajstić information content (AvgIpc) is 3.00. The van der Waals surface area contributed by atoms with Gasteiger partial charge in [0.2, 0.25) is 5.91 Å². The summed E-state index contributed by atoms with van der Waals surface area (Å²) in [5.74, 6) is -0.869. The largest absolute Gasteiger partial charge is 0.352 e. The molecule has 0 aliphatic carbocycles. The summed E-state index contributed by atoms with van der Waals surface area (Å²) in [6.45, 7) is 0.349. The molecule has 7 heteroatoms. The van der Waals surface area contributed by atoms with Crippen LogP contribution in [-0.4, -0.2) is 16.8 Å². The number of halogens is 2. The molecule has 5 nitrogen and oxygen atoms in total. The van der Waals surface area contributed by atoms with Crippen molar-refractivity contribution in [2.45, 2.75) is 19.0 Å². The number of aromatic nitrogens is 1. The molecule has 146 valence electrons. The highest BCUT2D eigenvalue weighted by Gasteiger charge is 2.39. The second-order valence-corrected chi connectivity index (χ2v) is 7.15. The van der Waals surface area contributed by atoms with Crippen LogP contribution >= 0.6 is 11.6 Å². The highest BCUT2D eigenvalue weighted by Crippen LogP contribution is 2.38. The Morgan fingerprint density at radius 2 is 1.83 bits per heavy atom. The predicted octanol–water partition coefficient (Wildman–Crippen LogP) is 4.28. The summed E-state index contributed by atoms with van der Waals surface area (Å²) < 4.78 is 13.3. The van der Waals surface area contributed by atoms with E-state index in [0.29, 0.717) is 28.5 Å². The Hall–Kier alpha value is -3.25. The summed E-state index contributed by atoms with van der Waals surface area (Å²) in [6, 6.07) is 15.6. The van der Waals surface area contributed by atoms with Gasteiger partial charge in [0.25, 0.3) is 5.91 Å². The molecule has 4 rings (SSSR count). The monoisotopic (exact) mass is 409 g/mol. The third-order valence-corrected chi connectivity index (χ3v) is 5.05. The van der Waals surface area contributed by atoms with E-state index in [9.17, 15) is 14.0 Å². The molecular formula is C22H17ClFN3O2. The van der Waals surface area contributed by atoms with E-state index in [4.69, 9.17) is 11.6 Å². The van der Waals surface area contributed by atoms with Gasteiger partial charge in [-0.25, -0.2) is 4.39 Å². The van der Waals surface area contributed by atoms with E-state index in [2.05, 4.69) is 10.3 Å². The fraction of sp³-hybridized carbons (Fsp3) is 0.136. The van der Waals surface area contributed by atoms with Crippen molar-refractivity contribution in [2.24, 2.45) is 0 Å². The number of amides is 2. The van der Waals surface area contributed by atoms with Crippen LogP contribution in [-0.2, 0) is 11.3 Å². The Balaban J connectivity index is 1.55. The summed E-state index contributed by atoms with van der Waals surface area (Å²) in [5.41, 5.74) is 2.43. The van der Waals surface area contributed by atoms with Crippen LogP contribution in [0.5, 0.6) is 0 Å². The van der Waals surface area contributed by atoms with Gasteiger partial charge in [-0.1, -0.05) is 23.7 Å². The summed E-state index contributed by atoms with van der Waals surface area (Å²) in [6.07, 6.45) is 1.64. The predicted molar refractivity (Wildman–Crippen MR) is 108 cm³/mol. The van der Waals surface area contributed by atoms with Gasteiger partial charge in [0.05, 0.1) is 23.7 Å². The van der Waals surface area contributed by atoms with Crippen molar-refractivity contribution in [3.05, 3.63) is 94.5 Å². The quantitative estimate of drug-likeness (QED) is 0.684. The Morgan fingerprint density at radius 1 is 1.10 bits per heavy atom. The van der Waals surface area contributed by atoms with E-state index in [1.807, 2.05) is 12.1 Å². The molecule has 0 bridgehead atoms. The number of benzene rings is 2. The maximum absolute atomic E-state index is 13.3. The van der Waals surface area contributed by atoms with Gasteiger partial charge in [0, 0.05) is 23.5 Å². The van der Waals surface area contributed by atoms with E-state index < -0.39 is 11.9 Å². The van der Waals surface area contributed by atoms with Crippen LogP contribution < -0.4 is 10.2 Å². The fourth-order valence-electron chi connectivity index (χ4n) is 3.40. The van der Waals surface area contributed by atoms with Crippen LogP contribution in [0.15, 0.2) is 66.9 Å². The number of nitrogens with zero attached hydrogens (tertiary/aromatic N) is 2. The Labute approximate surface area is 172 Å². The van der Waals surface area contributed by atoms with E-state index in [1.54, 1.807) is 30.5 Å². The SMILES string of the molecule is O=C(C[C@H]1c2ncccc2C(=O)N1c1ccc(F)cc1)NCc1ccc(Cl)cc1.